The number of fused-ring (bicyclic) bond motifs is 2. The van der Waals surface area contributed by atoms with Crippen molar-refractivity contribution in [1.29, 1.82) is 0 Å². The van der Waals surface area contributed by atoms with E-state index in [1.165, 1.54) is 6.38 Å². The van der Waals surface area contributed by atoms with E-state index in [0.717, 1.165) is 87.1 Å². The quantitative estimate of drug-likeness (QED) is 0.0289. The summed E-state index contributed by atoms with van der Waals surface area (Å²) < 4.78 is 3.50. The molecule has 18 heteroatoms. The molecule has 15 nitrogen and oxygen atoms in total. The zero-order valence-electron chi connectivity index (χ0n) is 40.8. The maximum atomic E-state index is 12.6. The van der Waals surface area contributed by atoms with Crippen molar-refractivity contribution in [2.24, 2.45) is 0 Å². The van der Waals surface area contributed by atoms with E-state index in [4.69, 9.17) is 15.9 Å². The van der Waals surface area contributed by atoms with E-state index < -0.39 is 0 Å². The summed E-state index contributed by atoms with van der Waals surface area (Å²) in [4.78, 5) is 57.3. The Morgan fingerprint density at radius 3 is 1.60 bits per heavy atom. The van der Waals surface area contributed by atoms with E-state index in [0.29, 0.717) is 12.8 Å². The molecule has 8 rings (SSSR count). The molecular weight excluding hydrogens is 902 g/mol. The molecule has 2 aromatic carbocycles. The van der Waals surface area contributed by atoms with Crippen LogP contribution in [0.1, 0.15) is 47.8 Å². The summed E-state index contributed by atoms with van der Waals surface area (Å²) in [5.74, 6) is 6.25. The summed E-state index contributed by atoms with van der Waals surface area (Å²) >= 11 is 4.64. The van der Waals surface area contributed by atoms with Gasteiger partial charge in [-0.1, -0.05) is 42.5 Å². The van der Waals surface area contributed by atoms with Crippen LogP contribution in [-0.2, 0) is 9.68 Å². The average Bonchev–Trinajstić information content (AvgIpc) is 3.94. The molecule has 0 amide bonds. The summed E-state index contributed by atoms with van der Waals surface area (Å²) in [6.07, 6.45) is 18.7. The van der Waals surface area contributed by atoms with E-state index >= 15 is 0 Å². The fourth-order valence-electron chi connectivity index (χ4n) is 6.48. The first-order valence-electron chi connectivity index (χ1n) is 20.9. The Morgan fingerprint density at radius 1 is 0.676 bits per heavy atom. The molecule has 0 unspecified atom stereocenters. The zero-order valence-corrected chi connectivity index (χ0v) is 44.6. The van der Waals surface area contributed by atoms with Crippen molar-refractivity contribution in [3.63, 3.8) is 0 Å². The first-order valence-corrected chi connectivity index (χ1v) is 21.7. The number of pyridine rings is 4. The van der Waals surface area contributed by atoms with E-state index in [2.05, 4.69) is 57.7 Å². The fourth-order valence-corrected chi connectivity index (χ4v) is 6.48. The van der Waals surface area contributed by atoms with Crippen LogP contribution in [0.3, 0.4) is 0 Å². The molecule has 0 saturated carbocycles. The van der Waals surface area contributed by atoms with Crippen LogP contribution in [0, 0.1) is 0 Å². The molecule has 0 atom stereocenters. The summed E-state index contributed by atoms with van der Waals surface area (Å²) in [6.45, 7) is 1.65. The largest absolute Gasteiger partial charge is 1.00 e. The molecule has 0 fully saturated rings. The van der Waals surface area contributed by atoms with Gasteiger partial charge in [0.25, 0.3) is 6.47 Å². The molecule has 346 valence electrons. The Labute approximate surface area is 448 Å². The summed E-state index contributed by atoms with van der Waals surface area (Å²) in [5, 5.41) is 8.43. The van der Waals surface area contributed by atoms with Gasteiger partial charge in [0.1, 0.15) is 0 Å². The second-order valence-electron chi connectivity index (χ2n) is 15.1. The number of aromatic nitrogens is 6. The monoisotopic (exact) mass is 958 g/mol. The van der Waals surface area contributed by atoms with Gasteiger partial charge in [-0.2, -0.15) is 0 Å². The van der Waals surface area contributed by atoms with Gasteiger partial charge in [0.2, 0.25) is 0 Å². The number of nitrogen functional groups attached to an aromatic ring is 1. The number of carbonyl (C=O) groups is 3. The number of carbonyl (C=O) groups excluding carboxylic acids is 3. The van der Waals surface area contributed by atoms with Crippen LogP contribution in [0.2, 0.25) is 0 Å². The third-order valence-electron chi connectivity index (χ3n) is 9.70. The molecule has 8 aromatic rings. The van der Waals surface area contributed by atoms with Crippen LogP contribution < -0.4 is 75.6 Å². The van der Waals surface area contributed by atoms with Crippen molar-refractivity contribution in [1.82, 2.24) is 39.1 Å². The van der Waals surface area contributed by atoms with Crippen LogP contribution >= 0.6 is 11.6 Å². The van der Waals surface area contributed by atoms with Crippen molar-refractivity contribution in [2.45, 2.75) is 25.7 Å². The number of rotatable bonds is 15. The summed E-state index contributed by atoms with van der Waals surface area (Å²) in [5.41, 5.74) is 13.3. The second-order valence-corrected chi connectivity index (χ2v) is 15.1. The fraction of sp³-hybridized carbons (Fsp3) is 0.220. The molecule has 68 heavy (non-hydrogen) atoms. The minimum absolute atomic E-state index is 0. The molecule has 0 saturated heterocycles. The summed E-state index contributed by atoms with van der Waals surface area (Å²) in [6, 6.07) is 33.0. The van der Waals surface area contributed by atoms with Crippen LogP contribution in [0.4, 0.5) is 5.69 Å². The van der Waals surface area contributed by atoms with Crippen molar-refractivity contribution in [3.05, 3.63) is 164 Å². The van der Waals surface area contributed by atoms with Crippen molar-refractivity contribution in [3.8, 4) is 22.3 Å². The Kier molecular flexibility index (Phi) is 28.1. The molecule has 3 N–H and O–H groups in total. The van der Waals surface area contributed by atoms with E-state index in [-0.39, 0.29) is 78.6 Å². The maximum Gasteiger partial charge on any atom is 1.00 e. The van der Waals surface area contributed by atoms with Gasteiger partial charge in [0.05, 0.1) is 27.8 Å². The van der Waals surface area contributed by atoms with Gasteiger partial charge in [-0.3, -0.25) is 49.1 Å². The van der Waals surface area contributed by atoms with E-state index in [1.54, 1.807) is 35.7 Å². The average molecular weight is 960 g/mol. The van der Waals surface area contributed by atoms with Gasteiger partial charge >= 0.3 is 59.1 Å². The maximum absolute atomic E-state index is 12.6. The molecule has 0 aliphatic carbocycles. The number of nitrogens with zero attached hydrogens (tertiary/aromatic N) is 8. The van der Waals surface area contributed by atoms with Crippen LogP contribution in [0.25, 0.3) is 44.3 Å². The van der Waals surface area contributed by atoms with Crippen LogP contribution in [0.5, 0.6) is 0 Å². The van der Waals surface area contributed by atoms with Gasteiger partial charge in [0.15, 0.2) is 11.6 Å². The Balaban J connectivity index is 0.000000545. The Bertz CT molecular complexity index is 2690. The first-order chi connectivity index (χ1) is 32.1. The number of hydrogen-bond acceptors (Lipinski definition) is 13. The SMILES string of the molecule is CCl.CN(C)CCCC(=O)c1cccc(-c2cnc3ccn(N)c3c2)c1.CN(C)CCCC(=O)c1cccc(-c2cnc3ccn(Nc4ccncc4)c3c2)c1.O=CO[O-].[H-].[Na+].[Na+].c1ccncc1. The molecule has 0 aliphatic heterocycles. The third-order valence-corrected chi connectivity index (χ3v) is 9.70. The molecule has 6 heterocycles. The van der Waals surface area contributed by atoms with Gasteiger partial charge in [-0.05, 0) is 126 Å². The molecule has 0 spiro atoms. The van der Waals surface area contributed by atoms with Gasteiger partial charge < -0.3 is 27.2 Å². The standard InChI is InChI=1S/C24H25N5O.C19H22N4O.C5H5N.CH3Cl.CH2O3.2Na.H/c1-28(2)13-4-7-24(30)19-6-3-5-18(15-19)20-16-23-22(26-17-20)10-14-29(23)27-21-8-11-25-12-9-21;1-22(2)9-4-7-19(24)15-6-3-5-14(11-15)16-12-18-17(21-13-16)8-10-23(18)20;1-2-4-6-5-3-1;1-2;2-1-4-3;;;/h3,5-6,8-12,14-17H,4,7,13H2,1-2H3,(H,25,27);3,5-6,8,10-13H,4,7,9,20H2,1-2H3;1-5H;1H3;1,3H;;;/q;;;;;2*+1;-1/p-1. The molecule has 0 radical (unpaired) electrons. The van der Waals surface area contributed by atoms with E-state index in [1.807, 2.05) is 149 Å². The molecule has 0 aliphatic rings. The number of hydrogen-bond donors (Lipinski definition) is 2. The zero-order chi connectivity index (χ0) is 47.7. The number of benzene rings is 2. The van der Waals surface area contributed by atoms with Gasteiger partial charge in [-0.25, -0.2) is 0 Å². The number of nitrogens with two attached hydrogens (primary N) is 1. The second kappa shape index (κ2) is 32.4. The summed E-state index contributed by atoms with van der Waals surface area (Å²) in [7, 11) is 8.07. The molecule has 0 bridgehead atoms. The van der Waals surface area contributed by atoms with Crippen molar-refractivity contribution in [2.75, 3.05) is 58.9 Å². The topological polar surface area (TPSA) is 189 Å². The number of Topliss-reactive ketones (excluding diaryl/α,β-unsaturated/α-hetero) is 2. The normalized spacial score (nSPS) is 10.0. The predicted molar refractivity (Wildman–Crippen MR) is 262 cm³/mol. The minimum Gasteiger partial charge on any atom is -1.00 e. The van der Waals surface area contributed by atoms with E-state index in [9.17, 15) is 9.59 Å². The third kappa shape index (κ3) is 19.4. The van der Waals surface area contributed by atoms with Crippen LogP contribution in [-0.4, -0.2) is 105 Å². The molecular formula is C50H57ClN10Na2O5. The minimum atomic E-state index is -0.181. The van der Waals surface area contributed by atoms with Crippen LogP contribution in [0.15, 0.2) is 153 Å². The van der Waals surface area contributed by atoms with Gasteiger partial charge in [0, 0.05) is 91.1 Å². The number of nitrogens with one attached hydrogen (secondary N) is 1. The van der Waals surface area contributed by atoms with Crippen molar-refractivity contribution >= 4 is 57.4 Å². The Morgan fingerprint density at radius 2 is 1.15 bits per heavy atom. The Hall–Kier alpha value is -5.30. The predicted octanol–water partition coefficient (Wildman–Crippen LogP) is 1.93. The number of halogens is 1. The molecule has 6 aromatic heterocycles. The number of ketones is 2. The number of alkyl halides is 1. The first kappa shape index (κ1) is 58.8. The van der Waals surface area contributed by atoms with Crippen molar-refractivity contribution < 1.29 is 85.1 Å². The smallest absolute Gasteiger partial charge is 1.00 e. The number of anilines is 1. The van der Waals surface area contributed by atoms with Gasteiger partial charge in [-0.15, -0.1) is 11.6 Å².